The van der Waals surface area contributed by atoms with E-state index in [-0.39, 0.29) is 29.8 Å². The van der Waals surface area contributed by atoms with E-state index in [0.717, 1.165) is 21.0 Å². The van der Waals surface area contributed by atoms with E-state index in [9.17, 15) is 18.0 Å². The van der Waals surface area contributed by atoms with Gasteiger partial charge >= 0.3 is 0 Å². The van der Waals surface area contributed by atoms with Crippen molar-refractivity contribution in [1.82, 2.24) is 10.2 Å². The van der Waals surface area contributed by atoms with Crippen molar-refractivity contribution in [1.29, 1.82) is 0 Å². The van der Waals surface area contributed by atoms with Crippen molar-refractivity contribution in [2.45, 2.75) is 57.6 Å². The molecule has 4 rings (SSSR count). The molecule has 0 saturated carbocycles. The molecule has 0 aromatic heterocycles. The van der Waals surface area contributed by atoms with Gasteiger partial charge in [-0.3, -0.25) is 13.9 Å². The van der Waals surface area contributed by atoms with Gasteiger partial charge in [0.2, 0.25) is 11.8 Å². The minimum Gasteiger partial charge on any atom is -0.352 e. The molecule has 11 heteroatoms. The van der Waals surface area contributed by atoms with E-state index in [1.165, 1.54) is 29.2 Å². The smallest absolute Gasteiger partial charge is 0.264 e. The highest BCUT2D eigenvalue weighted by Gasteiger charge is 2.35. The number of anilines is 1. The van der Waals surface area contributed by atoms with Crippen LogP contribution in [0.15, 0.2) is 95.9 Å². The van der Waals surface area contributed by atoms with Crippen molar-refractivity contribution in [3.8, 4) is 0 Å². The monoisotopic (exact) mass is 699 g/mol. The van der Waals surface area contributed by atoms with Gasteiger partial charge in [-0.25, -0.2) is 8.42 Å². The molecular formula is C35H36Cl3N3O4S. The average Bonchev–Trinajstić information content (AvgIpc) is 3.01. The van der Waals surface area contributed by atoms with Crippen LogP contribution in [-0.4, -0.2) is 43.8 Å². The number of carbonyl (C=O) groups excluding carboxylic acids is 2. The Morgan fingerprint density at radius 3 is 2.07 bits per heavy atom. The lowest BCUT2D eigenvalue weighted by Crippen LogP contribution is -2.54. The van der Waals surface area contributed by atoms with Crippen LogP contribution >= 0.6 is 34.8 Å². The summed E-state index contributed by atoms with van der Waals surface area (Å²) >= 11 is 18.6. The van der Waals surface area contributed by atoms with E-state index in [2.05, 4.69) is 5.32 Å². The van der Waals surface area contributed by atoms with Crippen LogP contribution in [0.5, 0.6) is 0 Å². The zero-order valence-electron chi connectivity index (χ0n) is 26.0. The van der Waals surface area contributed by atoms with Gasteiger partial charge in [0.1, 0.15) is 12.6 Å². The third-order valence-corrected chi connectivity index (χ3v) is 10.3. The van der Waals surface area contributed by atoms with Crippen LogP contribution in [-0.2, 0) is 32.6 Å². The molecule has 2 amide bonds. The minimum atomic E-state index is -4.25. The Labute approximate surface area is 286 Å². The summed E-state index contributed by atoms with van der Waals surface area (Å²) in [5.41, 5.74) is 3.59. The largest absolute Gasteiger partial charge is 0.352 e. The highest BCUT2D eigenvalue weighted by atomic mass is 35.5. The fourth-order valence-corrected chi connectivity index (χ4v) is 6.77. The number of aryl methyl sites for hydroxylation is 2. The fourth-order valence-electron chi connectivity index (χ4n) is 4.91. The molecule has 4 aromatic carbocycles. The fraction of sp³-hybridized carbons (Fsp3) is 0.257. The molecule has 46 heavy (non-hydrogen) atoms. The summed E-state index contributed by atoms with van der Waals surface area (Å²) in [6.07, 6.45) is 0.194. The zero-order chi connectivity index (χ0) is 33.6. The molecule has 0 radical (unpaired) electrons. The Kier molecular flexibility index (Phi) is 11.8. The first-order chi connectivity index (χ1) is 21.8. The van der Waals surface area contributed by atoms with Gasteiger partial charge in [-0.2, -0.15) is 0 Å². The van der Waals surface area contributed by atoms with Crippen LogP contribution in [0.1, 0.15) is 36.1 Å². The lowest BCUT2D eigenvalue weighted by atomic mass is 10.0. The molecular weight excluding hydrogens is 665 g/mol. The number of halogens is 3. The first-order valence-electron chi connectivity index (χ1n) is 14.7. The van der Waals surface area contributed by atoms with Crippen molar-refractivity contribution >= 4 is 62.3 Å². The Balaban J connectivity index is 1.84. The second kappa shape index (κ2) is 15.4. The lowest BCUT2D eigenvalue weighted by Gasteiger charge is -2.34. The number of rotatable bonds is 12. The minimum absolute atomic E-state index is 0.0273. The molecule has 0 spiro atoms. The number of sulfonamides is 1. The topological polar surface area (TPSA) is 86.8 Å². The molecule has 242 valence electrons. The van der Waals surface area contributed by atoms with Crippen LogP contribution in [0.4, 0.5) is 5.69 Å². The summed E-state index contributed by atoms with van der Waals surface area (Å²) < 4.78 is 29.4. The molecule has 1 atom stereocenters. The van der Waals surface area contributed by atoms with E-state index in [1.54, 1.807) is 36.4 Å². The Hall–Kier alpha value is -3.56. The van der Waals surface area contributed by atoms with Crippen molar-refractivity contribution < 1.29 is 18.0 Å². The summed E-state index contributed by atoms with van der Waals surface area (Å²) in [7, 11) is -4.25. The predicted octanol–water partition coefficient (Wildman–Crippen LogP) is 7.62. The summed E-state index contributed by atoms with van der Waals surface area (Å²) in [6, 6.07) is 24.1. The molecule has 0 aliphatic rings. The molecule has 0 unspecified atom stereocenters. The summed E-state index contributed by atoms with van der Waals surface area (Å²) in [6.45, 7) is 6.86. The second-order valence-corrected chi connectivity index (χ2v) is 14.5. The molecule has 0 saturated heterocycles. The highest BCUT2D eigenvalue weighted by Crippen LogP contribution is 2.28. The highest BCUT2D eigenvalue weighted by molar-refractivity contribution is 7.92. The van der Waals surface area contributed by atoms with Crippen molar-refractivity contribution in [2.24, 2.45) is 0 Å². The van der Waals surface area contributed by atoms with Crippen LogP contribution in [0.3, 0.4) is 0 Å². The number of hydrogen-bond acceptors (Lipinski definition) is 4. The maximum absolute atomic E-state index is 14.5. The summed E-state index contributed by atoms with van der Waals surface area (Å²) in [5.74, 6) is -0.952. The first-order valence-corrected chi connectivity index (χ1v) is 17.3. The molecule has 0 bridgehead atoms. The van der Waals surface area contributed by atoms with E-state index < -0.39 is 28.5 Å². The SMILES string of the molecule is Cc1ccc(N(CC(=O)N(Cc2ccc(Cl)c(Cl)c2)[C@H](Cc2ccccc2)C(=O)NC(C)C)S(=O)(=O)c2ccc(Cl)cc2)cc1C. The van der Waals surface area contributed by atoms with Gasteiger partial charge in [0, 0.05) is 24.0 Å². The van der Waals surface area contributed by atoms with Gasteiger partial charge in [-0.15, -0.1) is 0 Å². The molecule has 0 aliphatic heterocycles. The van der Waals surface area contributed by atoms with Crippen LogP contribution in [0.2, 0.25) is 15.1 Å². The number of nitrogens with zero attached hydrogens (tertiary/aromatic N) is 2. The van der Waals surface area contributed by atoms with E-state index in [4.69, 9.17) is 34.8 Å². The molecule has 0 aliphatic carbocycles. The standard InChI is InChI=1S/C35H36Cl3N3O4S/c1-23(2)39-35(43)33(20-26-8-6-5-7-9-26)40(21-27-11-17-31(37)32(38)19-27)34(42)22-41(29-14-10-24(3)25(4)18-29)46(44,45)30-15-12-28(36)13-16-30/h5-19,23,33H,20-22H2,1-4H3,(H,39,43)/t33-/m1/s1. The lowest BCUT2D eigenvalue weighted by molar-refractivity contribution is -0.140. The molecule has 0 fully saturated rings. The van der Waals surface area contributed by atoms with Crippen molar-refractivity contribution in [3.63, 3.8) is 0 Å². The second-order valence-electron chi connectivity index (χ2n) is 11.4. The number of carbonyl (C=O) groups is 2. The number of hydrogen-bond donors (Lipinski definition) is 1. The third-order valence-electron chi connectivity index (χ3n) is 7.50. The average molecular weight is 701 g/mol. The van der Waals surface area contributed by atoms with Crippen LogP contribution in [0.25, 0.3) is 0 Å². The number of benzene rings is 4. The van der Waals surface area contributed by atoms with Gasteiger partial charge < -0.3 is 10.2 Å². The van der Waals surface area contributed by atoms with Gasteiger partial charge in [-0.1, -0.05) is 77.3 Å². The third kappa shape index (κ3) is 8.82. The van der Waals surface area contributed by atoms with E-state index in [1.807, 2.05) is 58.0 Å². The van der Waals surface area contributed by atoms with Gasteiger partial charge in [0.05, 0.1) is 20.6 Å². The number of nitrogens with one attached hydrogen (secondary N) is 1. The van der Waals surface area contributed by atoms with Crippen molar-refractivity contribution in [3.05, 3.63) is 128 Å². The Bertz CT molecular complexity index is 1800. The Morgan fingerprint density at radius 2 is 1.46 bits per heavy atom. The quantitative estimate of drug-likeness (QED) is 0.165. The van der Waals surface area contributed by atoms with E-state index in [0.29, 0.717) is 26.3 Å². The van der Waals surface area contributed by atoms with Gasteiger partial charge in [0.25, 0.3) is 10.0 Å². The molecule has 4 aromatic rings. The maximum atomic E-state index is 14.5. The van der Waals surface area contributed by atoms with Crippen LogP contribution in [0, 0.1) is 13.8 Å². The molecule has 7 nitrogen and oxygen atoms in total. The molecule has 0 heterocycles. The molecule has 1 N–H and O–H groups in total. The first kappa shape index (κ1) is 35.3. The van der Waals surface area contributed by atoms with E-state index >= 15 is 0 Å². The summed E-state index contributed by atoms with van der Waals surface area (Å²) in [5, 5.41) is 3.95. The normalized spacial score (nSPS) is 12.1. The van der Waals surface area contributed by atoms with Gasteiger partial charge in [-0.05, 0) is 98.5 Å². The summed E-state index contributed by atoms with van der Waals surface area (Å²) in [4.78, 5) is 29.7. The predicted molar refractivity (Wildman–Crippen MR) is 186 cm³/mol. The number of amides is 2. The van der Waals surface area contributed by atoms with Gasteiger partial charge in [0.15, 0.2) is 0 Å². The van der Waals surface area contributed by atoms with Crippen LogP contribution < -0.4 is 9.62 Å². The Morgan fingerprint density at radius 1 is 0.783 bits per heavy atom. The van der Waals surface area contributed by atoms with Crippen molar-refractivity contribution in [2.75, 3.05) is 10.8 Å². The zero-order valence-corrected chi connectivity index (χ0v) is 29.1. The maximum Gasteiger partial charge on any atom is 0.264 e.